The summed E-state index contributed by atoms with van der Waals surface area (Å²) in [6.45, 7) is 3.44. The van der Waals surface area contributed by atoms with Gasteiger partial charge in [-0.25, -0.2) is 9.37 Å². The summed E-state index contributed by atoms with van der Waals surface area (Å²) in [4.78, 5) is 13.8. The average Bonchev–Trinajstić information content (AvgIpc) is 3.41. The van der Waals surface area contributed by atoms with Gasteiger partial charge in [0.2, 0.25) is 0 Å². The second kappa shape index (κ2) is 7.19. The van der Waals surface area contributed by atoms with Crippen molar-refractivity contribution in [3.63, 3.8) is 0 Å². The van der Waals surface area contributed by atoms with Crippen LogP contribution in [0.15, 0.2) is 48.0 Å². The summed E-state index contributed by atoms with van der Waals surface area (Å²) in [5.41, 5.74) is 5.11. The summed E-state index contributed by atoms with van der Waals surface area (Å²) >= 11 is 7.81. The van der Waals surface area contributed by atoms with Gasteiger partial charge < -0.3 is 14.8 Å². The molecule has 0 radical (unpaired) electrons. The Labute approximate surface area is 188 Å². The lowest BCUT2D eigenvalue weighted by atomic mass is 9.99. The van der Waals surface area contributed by atoms with Gasteiger partial charge in [0.15, 0.2) is 0 Å². The van der Waals surface area contributed by atoms with Crippen LogP contribution < -0.4 is 4.90 Å². The number of nitrogens with zero attached hydrogens (tertiary/aromatic N) is 3. The van der Waals surface area contributed by atoms with Crippen molar-refractivity contribution in [2.45, 2.75) is 0 Å². The second-order valence-corrected chi connectivity index (χ2v) is 9.48. The molecule has 0 aliphatic carbocycles. The quantitative estimate of drug-likeness (QED) is 0.353. The highest BCUT2D eigenvalue weighted by Gasteiger charge is 2.26. The molecule has 0 saturated carbocycles. The fourth-order valence-corrected chi connectivity index (χ4v) is 5.55. The Morgan fingerprint density at radius 1 is 1.10 bits per heavy atom. The number of aromatic amines is 1. The molecule has 6 rings (SSSR count). The van der Waals surface area contributed by atoms with Gasteiger partial charge in [-0.1, -0.05) is 23.7 Å². The number of nitrogens with one attached hydrogen (secondary N) is 1. The third kappa shape index (κ3) is 3.01. The van der Waals surface area contributed by atoms with Crippen molar-refractivity contribution in [3.05, 3.63) is 58.8 Å². The minimum absolute atomic E-state index is 0.202. The summed E-state index contributed by atoms with van der Waals surface area (Å²) < 4.78 is 15.8. The number of hydrogen-bond donors (Lipinski definition) is 1. The van der Waals surface area contributed by atoms with Crippen molar-refractivity contribution >= 4 is 50.4 Å². The highest BCUT2D eigenvalue weighted by molar-refractivity contribution is 7.13. The lowest BCUT2D eigenvalue weighted by Crippen LogP contribution is -2.45. The van der Waals surface area contributed by atoms with E-state index in [2.05, 4.69) is 27.9 Å². The molecule has 4 nitrogen and oxygen atoms in total. The first-order valence-electron chi connectivity index (χ1n) is 10.3. The van der Waals surface area contributed by atoms with Crippen molar-refractivity contribution in [3.8, 4) is 21.7 Å². The molecule has 0 atom stereocenters. The molecule has 1 N–H and O–H groups in total. The van der Waals surface area contributed by atoms with E-state index in [0.29, 0.717) is 10.7 Å². The number of rotatable bonds is 2. The third-order valence-electron chi connectivity index (χ3n) is 6.19. The minimum atomic E-state index is -0.202. The maximum Gasteiger partial charge on any atom is 0.147 e. The number of benzene rings is 2. The number of thiophene rings is 1. The summed E-state index contributed by atoms with van der Waals surface area (Å²) in [6, 6.07) is 11.4. The van der Waals surface area contributed by atoms with Crippen LogP contribution in [0.4, 0.5) is 10.1 Å². The summed E-state index contributed by atoms with van der Waals surface area (Å²) in [7, 11) is 2.11. The van der Waals surface area contributed by atoms with Gasteiger partial charge in [-0.2, -0.15) is 0 Å². The summed E-state index contributed by atoms with van der Waals surface area (Å²) in [6.07, 6.45) is 1.99. The molecule has 1 aromatic heterocycles. The predicted octanol–water partition coefficient (Wildman–Crippen LogP) is 6.09. The molecule has 3 aliphatic rings. The molecule has 1 saturated heterocycles. The normalized spacial score (nSPS) is 15.5. The molecule has 3 aromatic rings. The number of likely N-dealkylation sites (N-methyl/N-ethyl adjacent to an activating group) is 1. The number of fused-ring (bicyclic) bond motifs is 5. The van der Waals surface area contributed by atoms with Crippen LogP contribution in [0.25, 0.3) is 43.5 Å². The SMILES string of the molecule is CN1CCN(c2c(F)cc3c4nc5cc(Cl)ccc5c-4c[nH]c3c2-c2cccs2)CC1. The molecule has 0 bridgehead atoms. The fourth-order valence-electron chi connectivity index (χ4n) is 4.61. The Kier molecular flexibility index (Phi) is 4.42. The van der Waals surface area contributed by atoms with Gasteiger partial charge in [0.1, 0.15) is 5.82 Å². The molecule has 2 aromatic carbocycles. The van der Waals surface area contributed by atoms with Gasteiger partial charge in [-0.15, -0.1) is 11.3 Å². The molecule has 0 unspecified atom stereocenters. The van der Waals surface area contributed by atoms with Crippen LogP contribution in [-0.4, -0.2) is 48.1 Å². The molecule has 4 heterocycles. The van der Waals surface area contributed by atoms with Crippen molar-refractivity contribution in [1.29, 1.82) is 0 Å². The van der Waals surface area contributed by atoms with Crippen molar-refractivity contribution < 1.29 is 4.39 Å². The molecular formula is C24H20ClFN4S. The average molecular weight is 451 g/mol. The van der Waals surface area contributed by atoms with Gasteiger partial charge in [0, 0.05) is 64.2 Å². The number of aromatic nitrogens is 2. The lowest BCUT2D eigenvalue weighted by Gasteiger charge is -2.35. The third-order valence-corrected chi connectivity index (χ3v) is 7.32. The molecule has 0 spiro atoms. The van der Waals surface area contributed by atoms with E-state index >= 15 is 4.39 Å². The predicted molar refractivity (Wildman–Crippen MR) is 128 cm³/mol. The Hall–Kier alpha value is -2.67. The van der Waals surface area contributed by atoms with Gasteiger partial charge >= 0.3 is 0 Å². The molecule has 3 aliphatic heterocycles. The first-order chi connectivity index (χ1) is 15.1. The van der Waals surface area contributed by atoms with Crippen molar-refractivity contribution in [1.82, 2.24) is 14.9 Å². The fraction of sp³-hybridized carbons (Fsp3) is 0.208. The topological polar surface area (TPSA) is 35.2 Å². The molecule has 156 valence electrons. The van der Waals surface area contributed by atoms with E-state index in [9.17, 15) is 0 Å². The van der Waals surface area contributed by atoms with Crippen molar-refractivity contribution in [2.24, 2.45) is 0 Å². The van der Waals surface area contributed by atoms with Gasteiger partial charge in [-0.3, -0.25) is 0 Å². The largest absolute Gasteiger partial charge is 0.366 e. The number of piperazine rings is 1. The number of pyridine rings is 1. The number of hydrogen-bond acceptors (Lipinski definition) is 4. The van der Waals surface area contributed by atoms with Crippen LogP contribution in [-0.2, 0) is 0 Å². The van der Waals surface area contributed by atoms with E-state index in [1.807, 2.05) is 35.8 Å². The van der Waals surface area contributed by atoms with Crippen LogP contribution in [0, 0.1) is 5.82 Å². The first kappa shape index (κ1) is 19.0. The Balaban J connectivity index is 1.67. The standard InChI is InChI=1S/C24H20ClFN4S/c1-29-6-8-30(9-7-29)24-18(26)12-16-22-17(15-5-4-14(25)11-19(15)28-22)13-27-23(16)21(24)20-3-2-10-31-20/h2-5,10-13,27H,6-9H2,1H3. The second-order valence-electron chi connectivity index (χ2n) is 8.10. The molecular weight excluding hydrogens is 431 g/mol. The zero-order chi connectivity index (χ0) is 21.1. The van der Waals surface area contributed by atoms with Crippen LogP contribution in [0.5, 0.6) is 0 Å². The van der Waals surface area contributed by atoms with E-state index < -0.39 is 0 Å². The smallest absolute Gasteiger partial charge is 0.147 e. The monoisotopic (exact) mass is 450 g/mol. The lowest BCUT2D eigenvalue weighted by molar-refractivity contribution is 0.312. The maximum atomic E-state index is 15.8. The van der Waals surface area contributed by atoms with Crippen LogP contribution in [0.3, 0.4) is 0 Å². The van der Waals surface area contributed by atoms with Crippen molar-refractivity contribution in [2.75, 3.05) is 38.1 Å². The number of halogens is 2. The van der Waals surface area contributed by atoms with Gasteiger partial charge in [0.25, 0.3) is 0 Å². The van der Waals surface area contributed by atoms with E-state index in [1.54, 1.807) is 17.4 Å². The van der Waals surface area contributed by atoms with Crippen LogP contribution in [0.1, 0.15) is 0 Å². The number of H-pyrrole nitrogens is 1. The number of anilines is 1. The highest BCUT2D eigenvalue weighted by Crippen LogP contribution is 2.45. The maximum absolute atomic E-state index is 15.8. The van der Waals surface area contributed by atoms with Gasteiger partial charge in [-0.05, 0) is 36.7 Å². The summed E-state index contributed by atoms with van der Waals surface area (Å²) in [5.74, 6) is -0.202. The Bertz CT molecular complexity index is 1390. The Morgan fingerprint density at radius 3 is 2.71 bits per heavy atom. The zero-order valence-electron chi connectivity index (χ0n) is 17.0. The van der Waals surface area contributed by atoms with E-state index in [0.717, 1.165) is 69.7 Å². The zero-order valence-corrected chi connectivity index (χ0v) is 18.5. The minimum Gasteiger partial charge on any atom is -0.366 e. The Morgan fingerprint density at radius 2 is 1.94 bits per heavy atom. The van der Waals surface area contributed by atoms with E-state index in [-0.39, 0.29) is 5.82 Å². The van der Waals surface area contributed by atoms with Gasteiger partial charge in [0.05, 0.1) is 22.4 Å². The highest BCUT2D eigenvalue weighted by atomic mass is 35.5. The van der Waals surface area contributed by atoms with Crippen LogP contribution in [0.2, 0.25) is 5.02 Å². The summed E-state index contributed by atoms with van der Waals surface area (Å²) in [5, 5.41) is 4.49. The van der Waals surface area contributed by atoms with Crippen LogP contribution >= 0.6 is 22.9 Å². The first-order valence-corrected chi connectivity index (χ1v) is 11.6. The molecule has 7 heteroatoms. The van der Waals surface area contributed by atoms with E-state index in [1.165, 1.54) is 0 Å². The van der Waals surface area contributed by atoms with E-state index in [4.69, 9.17) is 16.6 Å². The molecule has 1 fully saturated rings. The molecule has 31 heavy (non-hydrogen) atoms. The molecule has 0 amide bonds.